The highest BCUT2D eigenvalue weighted by atomic mass is 79.9. The van der Waals surface area contributed by atoms with Crippen molar-refractivity contribution in [2.45, 2.75) is 26.1 Å². The number of ketones is 1. The number of pyridine rings is 2. The highest BCUT2D eigenvalue weighted by molar-refractivity contribution is 9.10. The van der Waals surface area contributed by atoms with Crippen LogP contribution in [0.1, 0.15) is 27.2 Å². The van der Waals surface area contributed by atoms with Crippen molar-refractivity contribution in [3.05, 3.63) is 92.1 Å². The Morgan fingerprint density at radius 2 is 2.03 bits per heavy atom. The van der Waals surface area contributed by atoms with Gasteiger partial charge in [0.2, 0.25) is 0 Å². The van der Waals surface area contributed by atoms with Crippen molar-refractivity contribution in [1.82, 2.24) is 14.5 Å². The molecule has 0 amide bonds. The van der Waals surface area contributed by atoms with Crippen LogP contribution in [0.25, 0.3) is 0 Å². The Kier molecular flexibility index (Phi) is 6.11. The molecular weight excluding hydrogens is 446 g/mol. The normalized spacial score (nSPS) is 13.7. The van der Waals surface area contributed by atoms with Crippen LogP contribution in [0.3, 0.4) is 0 Å². The third kappa shape index (κ3) is 4.86. The van der Waals surface area contributed by atoms with Gasteiger partial charge in [-0.25, -0.2) is 0 Å². The van der Waals surface area contributed by atoms with Crippen LogP contribution in [0.5, 0.6) is 5.75 Å². The van der Waals surface area contributed by atoms with Crippen molar-refractivity contribution in [1.29, 1.82) is 0 Å². The molecule has 154 valence electrons. The summed E-state index contributed by atoms with van der Waals surface area (Å²) in [5.41, 5.74) is 3.61. The molecule has 3 heterocycles. The molecule has 0 fully saturated rings. The third-order valence-corrected chi connectivity index (χ3v) is 5.66. The Labute approximate surface area is 183 Å². The molecule has 0 atom stereocenters. The van der Waals surface area contributed by atoms with E-state index in [1.807, 2.05) is 30.3 Å². The van der Waals surface area contributed by atoms with E-state index in [-0.39, 0.29) is 24.5 Å². The van der Waals surface area contributed by atoms with Crippen LogP contribution < -0.4 is 10.3 Å². The summed E-state index contributed by atoms with van der Waals surface area (Å²) in [5.74, 6) is 0.373. The number of carbonyl (C=O) groups excluding carboxylic acids is 1. The summed E-state index contributed by atoms with van der Waals surface area (Å²) in [6.07, 6.45) is 4.23. The molecule has 1 aliphatic rings. The molecule has 7 heteroatoms. The standard InChI is InChI=1S/C23H22BrN3O3/c1-26-8-6-16-10-17(2-3-18(16)13-26)22(28)14-27-9-7-21(11-23(27)29)30-15-20-5-4-19(24)12-25-20/h2-5,7,9-12H,6,8,13-15H2,1H3. The number of hydrogen-bond donors (Lipinski definition) is 0. The van der Waals surface area contributed by atoms with E-state index in [4.69, 9.17) is 4.74 Å². The maximum Gasteiger partial charge on any atom is 0.254 e. The Morgan fingerprint density at radius 3 is 2.80 bits per heavy atom. The molecule has 4 rings (SSSR count). The molecular formula is C23H22BrN3O3. The van der Waals surface area contributed by atoms with Gasteiger partial charge in [0.15, 0.2) is 5.78 Å². The average molecular weight is 468 g/mol. The minimum Gasteiger partial charge on any atom is -0.487 e. The fourth-order valence-electron chi connectivity index (χ4n) is 3.47. The summed E-state index contributed by atoms with van der Waals surface area (Å²) in [4.78, 5) is 31.7. The number of likely N-dealkylation sites (N-methyl/N-ethyl adjacent to an activating group) is 1. The van der Waals surface area contributed by atoms with Crippen LogP contribution in [-0.2, 0) is 26.1 Å². The number of halogens is 1. The van der Waals surface area contributed by atoms with Crippen molar-refractivity contribution in [3.63, 3.8) is 0 Å². The number of Topliss-reactive ketones (excluding diaryl/α,β-unsaturated/α-hetero) is 1. The van der Waals surface area contributed by atoms with Crippen molar-refractivity contribution in [2.75, 3.05) is 13.6 Å². The number of fused-ring (bicyclic) bond motifs is 1. The van der Waals surface area contributed by atoms with Crippen LogP contribution in [0, 0.1) is 0 Å². The largest absolute Gasteiger partial charge is 0.487 e. The van der Waals surface area contributed by atoms with Gasteiger partial charge in [0, 0.05) is 41.6 Å². The zero-order chi connectivity index (χ0) is 21.1. The first-order valence-electron chi connectivity index (χ1n) is 9.75. The smallest absolute Gasteiger partial charge is 0.254 e. The molecule has 0 saturated carbocycles. The number of ether oxygens (including phenoxy) is 1. The first-order chi connectivity index (χ1) is 14.5. The van der Waals surface area contributed by atoms with E-state index in [0.717, 1.165) is 29.7 Å². The molecule has 3 aromatic rings. The van der Waals surface area contributed by atoms with Crippen LogP contribution in [0.2, 0.25) is 0 Å². The highest BCUT2D eigenvalue weighted by Crippen LogP contribution is 2.20. The second-order valence-corrected chi connectivity index (χ2v) is 8.40. The number of hydrogen-bond acceptors (Lipinski definition) is 5. The van der Waals surface area contributed by atoms with E-state index < -0.39 is 0 Å². The maximum atomic E-state index is 12.7. The van der Waals surface area contributed by atoms with Gasteiger partial charge in [-0.05, 0) is 64.8 Å². The Hall–Kier alpha value is -2.77. The van der Waals surface area contributed by atoms with E-state index in [9.17, 15) is 9.59 Å². The van der Waals surface area contributed by atoms with Crippen LogP contribution in [-0.4, -0.2) is 33.8 Å². The molecule has 1 aliphatic heterocycles. The zero-order valence-electron chi connectivity index (χ0n) is 16.7. The number of aromatic nitrogens is 2. The lowest BCUT2D eigenvalue weighted by molar-refractivity contribution is 0.0970. The van der Waals surface area contributed by atoms with E-state index in [2.05, 4.69) is 32.9 Å². The highest BCUT2D eigenvalue weighted by Gasteiger charge is 2.16. The summed E-state index contributed by atoms with van der Waals surface area (Å²) in [6.45, 7) is 2.16. The quantitative estimate of drug-likeness (QED) is 0.519. The molecule has 0 bridgehead atoms. The summed E-state index contributed by atoms with van der Waals surface area (Å²) >= 11 is 3.34. The first kappa shape index (κ1) is 20.5. The van der Waals surface area contributed by atoms with Crippen molar-refractivity contribution in [3.8, 4) is 5.75 Å². The molecule has 0 radical (unpaired) electrons. The van der Waals surface area contributed by atoms with Gasteiger partial charge in [0.1, 0.15) is 12.4 Å². The summed E-state index contributed by atoms with van der Waals surface area (Å²) in [6, 6.07) is 12.7. The molecule has 0 N–H and O–H groups in total. The minimum absolute atomic E-state index is 0.00602. The molecule has 0 unspecified atom stereocenters. The van der Waals surface area contributed by atoms with Gasteiger partial charge in [-0.2, -0.15) is 0 Å². The van der Waals surface area contributed by atoms with E-state index >= 15 is 0 Å². The fraction of sp³-hybridized carbons (Fsp3) is 0.261. The van der Waals surface area contributed by atoms with Gasteiger partial charge in [0.25, 0.3) is 5.56 Å². The van der Waals surface area contributed by atoms with Gasteiger partial charge in [-0.1, -0.05) is 12.1 Å². The van der Waals surface area contributed by atoms with Crippen molar-refractivity contribution < 1.29 is 9.53 Å². The lowest BCUT2D eigenvalue weighted by Gasteiger charge is -2.25. The first-order valence-corrected chi connectivity index (χ1v) is 10.5. The third-order valence-electron chi connectivity index (χ3n) is 5.19. The molecule has 1 aromatic carbocycles. The number of benzene rings is 1. The van der Waals surface area contributed by atoms with Crippen molar-refractivity contribution >= 4 is 21.7 Å². The Bertz CT molecular complexity index is 1130. The van der Waals surface area contributed by atoms with Crippen LogP contribution >= 0.6 is 15.9 Å². The van der Waals surface area contributed by atoms with Crippen LogP contribution in [0.15, 0.2) is 64.1 Å². The Morgan fingerprint density at radius 1 is 1.17 bits per heavy atom. The second-order valence-electron chi connectivity index (χ2n) is 7.48. The average Bonchev–Trinajstić information content (AvgIpc) is 2.74. The second kappa shape index (κ2) is 8.93. The van der Waals surface area contributed by atoms with Gasteiger partial charge in [0.05, 0.1) is 12.2 Å². The molecule has 0 saturated heterocycles. The van der Waals surface area contributed by atoms with E-state index in [1.54, 1.807) is 18.5 Å². The van der Waals surface area contributed by atoms with Gasteiger partial charge < -0.3 is 14.2 Å². The lowest BCUT2D eigenvalue weighted by Crippen LogP contribution is -2.27. The molecule has 0 spiro atoms. The SMILES string of the molecule is CN1CCc2cc(C(=O)Cn3ccc(OCc4ccc(Br)cn4)cc3=O)ccc2C1. The summed E-state index contributed by atoms with van der Waals surface area (Å²) in [7, 11) is 2.09. The molecule has 6 nitrogen and oxygen atoms in total. The van der Waals surface area contributed by atoms with Gasteiger partial charge in [-0.15, -0.1) is 0 Å². The maximum absolute atomic E-state index is 12.7. The number of rotatable bonds is 6. The zero-order valence-corrected chi connectivity index (χ0v) is 18.3. The minimum atomic E-state index is -0.274. The molecule has 0 aliphatic carbocycles. The summed E-state index contributed by atoms with van der Waals surface area (Å²) in [5, 5.41) is 0. The number of carbonyl (C=O) groups is 1. The van der Waals surface area contributed by atoms with Crippen molar-refractivity contribution in [2.24, 2.45) is 0 Å². The molecule has 30 heavy (non-hydrogen) atoms. The van der Waals surface area contributed by atoms with E-state index in [0.29, 0.717) is 11.3 Å². The fourth-order valence-corrected chi connectivity index (χ4v) is 3.71. The Balaban J connectivity index is 1.41. The topological polar surface area (TPSA) is 64.4 Å². The van der Waals surface area contributed by atoms with Gasteiger partial charge >= 0.3 is 0 Å². The lowest BCUT2D eigenvalue weighted by atomic mass is 9.96. The monoisotopic (exact) mass is 467 g/mol. The van der Waals surface area contributed by atoms with Gasteiger partial charge in [-0.3, -0.25) is 14.6 Å². The van der Waals surface area contributed by atoms with E-state index in [1.165, 1.54) is 21.8 Å². The summed E-state index contributed by atoms with van der Waals surface area (Å²) < 4.78 is 7.94. The molecule has 2 aromatic heterocycles. The number of nitrogens with zero attached hydrogens (tertiary/aromatic N) is 3. The predicted octanol–water partition coefficient (Wildman–Crippen LogP) is 3.46. The van der Waals surface area contributed by atoms with Crippen LogP contribution in [0.4, 0.5) is 0 Å². The predicted molar refractivity (Wildman–Crippen MR) is 118 cm³/mol.